The van der Waals surface area contributed by atoms with Crippen LogP contribution >= 0.6 is 11.8 Å². The van der Waals surface area contributed by atoms with Crippen molar-refractivity contribution in [3.63, 3.8) is 0 Å². The number of ether oxygens (including phenoxy) is 1. The maximum Gasteiger partial charge on any atom is 0.181 e. The zero-order chi connectivity index (χ0) is 14.9. The van der Waals surface area contributed by atoms with Gasteiger partial charge in [-0.2, -0.15) is 11.8 Å². The van der Waals surface area contributed by atoms with E-state index in [-0.39, 0.29) is 10.5 Å². The molecule has 0 radical (unpaired) electrons. The molecule has 1 spiro atoms. The number of rotatable bonds is 2. The fourth-order valence-electron chi connectivity index (χ4n) is 3.16. The minimum Gasteiger partial charge on any atom is -0.375 e. The Hall–Kier alpha value is -0.590. The Labute approximate surface area is 129 Å². The first-order valence-electron chi connectivity index (χ1n) is 7.23. The molecule has 1 atom stereocenters. The summed E-state index contributed by atoms with van der Waals surface area (Å²) in [6.07, 6.45) is 2.93. The molecule has 0 saturated carbocycles. The van der Waals surface area contributed by atoms with Crippen molar-refractivity contribution < 1.29 is 17.5 Å². The first kappa shape index (κ1) is 15.3. The Bertz CT molecular complexity index is 586. The molecule has 1 aromatic rings. The molecule has 3 nitrogen and oxygen atoms in total. The number of halogens is 1. The number of sulfone groups is 1. The molecule has 6 heteroatoms. The summed E-state index contributed by atoms with van der Waals surface area (Å²) in [5.41, 5.74) is -0.263. The third-order valence-corrected chi connectivity index (χ3v) is 7.63. The molecule has 0 amide bonds. The molecule has 2 heterocycles. The van der Waals surface area contributed by atoms with Crippen LogP contribution in [0.25, 0.3) is 0 Å². The Balaban J connectivity index is 1.83. The van der Waals surface area contributed by atoms with Crippen molar-refractivity contribution in [1.29, 1.82) is 0 Å². The molecule has 1 unspecified atom stereocenters. The van der Waals surface area contributed by atoms with E-state index in [9.17, 15) is 12.8 Å². The second kappa shape index (κ2) is 5.89. The van der Waals surface area contributed by atoms with Gasteiger partial charge in [-0.3, -0.25) is 0 Å². The van der Waals surface area contributed by atoms with Gasteiger partial charge in [-0.1, -0.05) is 0 Å². The van der Waals surface area contributed by atoms with Gasteiger partial charge in [-0.05, 0) is 61.5 Å². The van der Waals surface area contributed by atoms with Gasteiger partial charge >= 0.3 is 0 Å². The fraction of sp³-hybridized carbons (Fsp3) is 0.600. The van der Waals surface area contributed by atoms with E-state index in [1.54, 1.807) is 0 Å². The van der Waals surface area contributed by atoms with Gasteiger partial charge in [0.1, 0.15) is 5.82 Å². The van der Waals surface area contributed by atoms with Crippen molar-refractivity contribution in [2.45, 2.75) is 41.4 Å². The molecule has 0 aliphatic carbocycles. The normalized spacial score (nSPS) is 25.9. The second-order valence-corrected chi connectivity index (χ2v) is 9.21. The highest BCUT2D eigenvalue weighted by Crippen LogP contribution is 2.40. The summed E-state index contributed by atoms with van der Waals surface area (Å²) in [5.74, 6) is 1.65. The van der Waals surface area contributed by atoms with E-state index >= 15 is 0 Å². The van der Waals surface area contributed by atoms with Gasteiger partial charge < -0.3 is 4.74 Å². The molecular weight excluding hydrogens is 311 g/mol. The van der Waals surface area contributed by atoms with Crippen LogP contribution in [-0.2, 0) is 14.6 Å². The van der Waals surface area contributed by atoms with Crippen LogP contribution in [0, 0.1) is 5.82 Å². The first-order chi connectivity index (χ1) is 10.0. The summed E-state index contributed by atoms with van der Waals surface area (Å²) in [4.78, 5) is 0.219. The minimum absolute atomic E-state index is 0.219. The maximum absolute atomic E-state index is 13.0. The van der Waals surface area contributed by atoms with E-state index in [1.807, 2.05) is 11.8 Å². The van der Waals surface area contributed by atoms with Crippen LogP contribution in [0.3, 0.4) is 0 Å². The lowest BCUT2D eigenvalue weighted by Gasteiger charge is -2.43. The maximum atomic E-state index is 13.0. The van der Waals surface area contributed by atoms with E-state index < -0.39 is 20.9 Å². The molecule has 2 fully saturated rings. The number of thioether (sulfide) groups is 1. The first-order valence-corrected chi connectivity index (χ1v) is 9.93. The zero-order valence-corrected chi connectivity index (χ0v) is 13.4. The standard InChI is InChI=1S/C15H19FO3S2/c16-12-1-3-13(4-2-12)21(17,18)14-5-8-19-15(11-14)6-9-20-10-7-15/h1-4,14H,5-11H2. The van der Waals surface area contributed by atoms with Crippen molar-refractivity contribution in [1.82, 2.24) is 0 Å². The van der Waals surface area contributed by atoms with E-state index in [4.69, 9.17) is 4.74 Å². The van der Waals surface area contributed by atoms with Crippen molar-refractivity contribution in [3.8, 4) is 0 Å². The molecule has 0 aromatic heterocycles. The predicted octanol–water partition coefficient (Wildman–Crippen LogP) is 3.04. The van der Waals surface area contributed by atoms with Crippen molar-refractivity contribution in [2.75, 3.05) is 18.1 Å². The van der Waals surface area contributed by atoms with Gasteiger partial charge in [0.05, 0.1) is 15.7 Å². The van der Waals surface area contributed by atoms with Crippen LogP contribution in [0.5, 0.6) is 0 Å². The van der Waals surface area contributed by atoms with Crippen LogP contribution in [0.2, 0.25) is 0 Å². The predicted molar refractivity (Wildman–Crippen MR) is 81.8 cm³/mol. The lowest BCUT2D eigenvalue weighted by molar-refractivity contribution is -0.0813. The minimum atomic E-state index is -3.41. The van der Waals surface area contributed by atoms with E-state index in [0.717, 1.165) is 24.3 Å². The summed E-state index contributed by atoms with van der Waals surface area (Å²) in [6.45, 7) is 0.496. The second-order valence-electron chi connectivity index (χ2n) is 5.76. The highest BCUT2D eigenvalue weighted by atomic mass is 32.2. The van der Waals surface area contributed by atoms with Gasteiger partial charge in [-0.25, -0.2) is 12.8 Å². The highest BCUT2D eigenvalue weighted by molar-refractivity contribution is 7.99. The smallest absolute Gasteiger partial charge is 0.181 e. The van der Waals surface area contributed by atoms with Crippen molar-refractivity contribution >= 4 is 21.6 Å². The number of hydrogen-bond acceptors (Lipinski definition) is 4. The molecule has 3 rings (SSSR count). The lowest BCUT2D eigenvalue weighted by Crippen LogP contribution is -2.46. The summed E-state index contributed by atoms with van der Waals surface area (Å²) < 4.78 is 44.4. The average Bonchev–Trinajstić information content (AvgIpc) is 2.48. The number of benzene rings is 1. The zero-order valence-electron chi connectivity index (χ0n) is 11.8. The molecule has 2 aliphatic heterocycles. The van der Waals surface area contributed by atoms with Crippen molar-refractivity contribution in [3.05, 3.63) is 30.1 Å². The number of hydrogen-bond donors (Lipinski definition) is 0. The molecule has 2 saturated heterocycles. The fourth-order valence-corrected chi connectivity index (χ4v) is 6.22. The largest absolute Gasteiger partial charge is 0.375 e. The molecule has 0 N–H and O–H groups in total. The molecule has 116 valence electrons. The summed E-state index contributed by atoms with van der Waals surface area (Å²) in [7, 11) is -3.41. The molecular formula is C15H19FO3S2. The SMILES string of the molecule is O=S(=O)(c1ccc(F)cc1)C1CCOC2(CCSCC2)C1. The van der Waals surface area contributed by atoms with Gasteiger partial charge in [0, 0.05) is 6.61 Å². The van der Waals surface area contributed by atoms with Gasteiger partial charge in [-0.15, -0.1) is 0 Å². The molecule has 0 bridgehead atoms. The monoisotopic (exact) mass is 330 g/mol. The summed E-state index contributed by atoms with van der Waals surface area (Å²) in [6, 6.07) is 5.14. The summed E-state index contributed by atoms with van der Waals surface area (Å²) in [5, 5.41) is -0.417. The van der Waals surface area contributed by atoms with E-state index in [0.29, 0.717) is 19.4 Å². The van der Waals surface area contributed by atoms with Gasteiger partial charge in [0.25, 0.3) is 0 Å². The Morgan fingerprint density at radius 1 is 1.19 bits per heavy atom. The van der Waals surface area contributed by atoms with Crippen molar-refractivity contribution in [2.24, 2.45) is 0 Å². The third kappa shape index (κ3) is 3.12. The van der Waals surface area contributed by atoms with Crippen LogP contribution in [-0.4, -0.2) is 37.4 Å². The topological polar surface area (TPSA) is 43.4 Å². The van der Waals surface area contributed by atoms with Crippen LogP contribution in [0.15, 0.2) is 29.2 Å². The quantitative estimate of drug-likeness (QED) is 0.782. The Kier molecular flexibility index (Phi) is 4.30. The van der Waals surface area contributed by atoms with E-state index in [2.05, 4.69) is 0 Å². The Morgan fingerprint density at radius 2 is 1.86 bits per heavy atom. The van der Waals surface area contributed by atoms with Crippen LogP contribution in [0.4, 0.5) is 4.39 Å². The Morgan fingerprint density at radius 3 is 2.52 bits per heavy atom. The van der Waals surface area contributed by atoms with Crippen LogP contribution in [0.1, 0.15) is 25.7 Å². The highest BCUT2D eigenvalue weighted by Gasteiger charge is 2.43. The van der Waals surface area contributed by atoms with Crippen LogP contribution < -0.4 is 0 Å². The molecule has 21 heavy (non-hydrogen) atoms. The average molecular weight is 330 g/mol. The van der Waals surface area contributed by atoms with E-state index in [1.165, 1.54) is 24.3 Å². The van der Waals surface area contributed by atoms with Gasteiger partial charge in [0.15, 0.2) is 9.84 Å². The lowest BCUT2D eigenvalue weighted by atomic mass is 9.88. The van der Waals surface area contributed by atoms with Gasteiger partial charge in [0.2, 0.25) is 0 Å². The molecule has 1 aromatic carbocycles. The third-order valence-electron chi connectivity index (χ3n) is 4.43. The molecule has 2 aliphatic rings. The summed E-state index contributed by atoms with van der Waals surface area (Å²) >= 11 is 1.90.